The fourth-order valence-corrected chi connectivity index (χ4v) is 4.72. The van der Waals surface area contributed by atoms with Crippen LogP contribution in [-0.4, -0.2) is 47.9 Å². The quantitative estimate of drug-likeness (QED) is 0.375. The van der Waals surface area contributed by atoms with Gasteiger partial charge in [0.1, 0.15) is 5.01 Å². The van der Waals surface area contributed by atoms with E-state index in [4.69, 9.17) is 0 Å². The molecule has 152 valence electrons. The smallest absolute Gasteiger partial charge is 0.225 e. The molecule has 27 heavy (non-hydrogen) atoms. The van der Waals surface area contributed by atoms with Crippen molar-refractivity contribution in [1.82, 2.24) is 20.5 Å². The Morgan fingerprint density at radius 3 is 2.63 bits per heavy atom. The van der Waals surface area contributed by atoms with Gasteiger partial charge in [-0.1, -0.05) is 19.3 Å². The van der Waals surface area contributed by atoms with Crippen molar-refractivity contribution in [1.29, 1.82) is 0 Å². The highest BCUT2D eigenvalue weighted by Gasteiger charge is 2.31. The van der Waals surface area contributed by atoms with E-state index in [1.165, 1.54) is 24.1 Å². The van der Waals surface area contributed by atoms with Gasteiger partial charge in [-0.25, -0.2) is 4.98 Å². The van der Waals surface area contributed by atoms with Crippen LogP contribution in [0.15, 0.2) is 4.99 Å². The van der Waals surface area contributed by atoms with Crippen LogP contribution in [0.1, 0.15) is 54.1 Å². The van der Waals surface area contributed by atoms with Crippen LogP contribution in [0.5, 0.6) is 0 Å². The van der Waals surface area contributed by atoms with Crippen LogP contribution >= 0.6 is 35.3 Å². The van der Waals surface area contributed by atoms with Crippen LogP contribution < -0.4 is 10.6 Å². The highest BCUT2D eigenvalue weighted by atomic mass is 127. The third kappa shape index (κ3) is 6.04. The molecule has 0 radical (unpaired) electrons. The number of carbonyl (C=O) groups is 1. The molecule has 1 saturated carbocycles. The summed E-state index contributed by atoms with van der Waals surface area (Å²) < 4.78 is 0. The standard InChI is InChI=1S/C19H31N5OS.HI/c1-13-14(2)26-17(22-13)11-21-19(20-3)23-16-9-10-24(12-16)18(25)15-7-5-4-6-8-15;/h15-16H,4-12H2,1-3H3,(H2,20,21,23);1H. The molecule has 0 bridgehead atoms. The summed E-state index contributed by atoms with van der Waals surface area (Å²) in [5.41, 5.74) is 1.10. The lowest BCUT2D eigenvalue weighted by atomic mass is 9.88. The molecule has 0 spiro atoms. The second-order valence-electron chi connectivity index (χ2n) is 7.42. The summed E-state index contributed by atoms with van der Waals surface area (Å²) in [7, 11) is 1.79. The zero-order chi connectivity index (χ0) is 18.5. The van der Waals surface area contributed by atoms with Gasteiger partial charge in [-0.15, -0.1) is 35.3 Å². The number of nitrogens with zero attached hydrogens (tertiary/aromatic N) is 3. The number of thiazole rings is 1. The molecule has 0 aromatic carbocycles. The first kappa shape index (κ1) is 22.4. The minimum Gasteiger partial charge on any atom is -0.352 e. The summed E-state index contributed by atoms with van der Waals surface area (Å²) in [6.07, 6.45) is 6.83. The molecule has 1 unspecified atom stereocenters. The van der Waals surface area contributed by atoms with E-state index in [9.17, 15) is 4.79 Å². The molecule has 3 rings (SSSR count). The van der Waals surface area contributed by atoms with E-state index in [0.29, 0.717) is 12.5 Å². The van der Waals surface area contributed by atoms with E-state index in [-0.39, 0.29) is 35.9 Å². The Hall–Kier alpha value is -0.900. The number of guanidine groups is 1. The lowest BCUT2D eigenvalue weighted by molar-refractivity contribution is -0.135. The maximum Gasteiger partial charge on any atom is 0.225 e. The van der Waals surface area contributed by atoms with Gasteiger partial charge in [0.05, 0.1) is 12.2 Å². The Labute approximate surface area is 183 Å². The summed E-state index contributed by atoms with van der Waals surface area (Å²) in [6, 6.07) is 0.272. The number of aromatic nitrogens is 1. The number of nitrogens with one attached hydrogen (secondary N) is 2. The Morgan fingerprint density at radius 2 is 2.00 bits per heavy atom. The molecule has 2 heterocycles. The second kappa shape index (κ2) is 10.6. The molecule has 1 aliphatic carbocycles. The maximum absolute atomic E-state index is 12.7. The summed E-state index contributed by atoms with van der Waals surface area (Å²) in [6.45, 7) is 6.45. The molecule has 1 amide bonds. The van der Waals surface area contributed by atoms with Crippen molar-refractivity contribution in [2.75, 3.05) is 20.1 Å². The van der Waals surface area contributed by atoms with Gasteiger partial charge in [-0.3, -0.25) is 9.79 Å². The molecule has 1 aliphatic heterocycles. The first-order valence-corrected chi connectivity index (χ1v) is 10.6. The summed E-state index contributed by atoms with van der Waals surface area (Å²) in [5.74, 6) is 1.41. The number of carbonyl (C=O) groups excluding carboxylic acids is 1. The Kier molecular flexibility index (Phi) is 8.78. The highest BCUT2D eigenvalue weighted by molar-refractivity contribution is 14.0. The predicted octanol–water partition coefficient (Wildman–Crippen LogP) is 3.22. The molecular weight excluding hydrogens is 473 g/mol. The van der Waals surface area contributed by atoms with Gasteiger partial charge < -0.3 is 15.5 Å². The van der Waals surface area contributed by atoms with E-state index in [0.717, 1.165) is 49.0 Å². The molecule has 2 aliphatic rings. The van der Waals surface area contributed by atoms with Gasteiger partial charge in [0.2, 0.25) is 5.91 Å². The lowest BCUT2D eigenvalue weighted by Crippen LogP contribution is -2.45. The van der Waals surface area contributed by atoms with Crippen LogP contribution in [0.4, 0.5) is 0 Å². The highest BCUT2D eigenvalue weighted by Crippen LogP contribution is 2.26. The van der Waals surface area contributed by atoms with Crippen molar-refractivity contribution in [3.63, 3.8) is 0 Å². The van der Waals surface area contributed by atoms with Crippen LogP contribution in [0, 0.1) is 19.8 Å². The van der Waals surface area contributed by atoms with Crippen LogP contribution in [0.2, 0.25) is 0 Å². The number of hydrogen-bond acceptors (Lipinski definition) is 4. The Bertz CT molecular complexity index is 637. The average molecular weight is 505 g/mol. The first-order valence-electron chi connectivity index (χ1n) is 9.75. The Morgan fingerprint density at radius 1 is 1.26 bits per heavy atom. The van der Waals surface area contributed by atoms with Crippen molar-refractivity contribution in [3.05, 3.63) is 15.6 Å². The molecule has 1 aromatic heterocycles. The fraction of sp³-hybridized carbons (Fsp3) is 0.737. The van der Waals surface area contributed by atoms with Crippen molar-refractivity contribution in [2.45, 2.75) is 65.0 Å². The number of aliphatic imine (C=N–C) groups is 1. The summed E-state index contributed by atoms with van der Waals surface area (Å²) in [4.78, 5) is 24.9. The van der Waals surface area contributed by atoms with E-state index >= 15 is 0 Å². The SMILES string of the molecule is CN=C(NCc1nc(C)c(C)s1)NC1CCN(C(=O)C2CCCCC2)C1.I. The molecule has 8 heteroatoms. The third-order valence-corrected chi connectivity index (χ3v) is 6.57. The van der Waals surface area contributed by atoms with E-state index in [1.807, 2.05) is 6.92 Å². The first-order chi connectivity index (χ1) is 12.6. The predicted molar refractivity (Wildman–Crippen MR) is 122 cm³/mol. The minimum atomic E-state index is 0. The number of amides is 1. The van der Waals surface area contributed by atoms with Crippen molar-refractivity contribution < 1.29 is 4.79 Å². The monoisotopic (exact) mass is 505 g/mol. The number of likely N-dealkylation sites (tertiary alicyclic amines) is 1. The number of aryl methyl sites for hydroxylation is 2. The van der Waals surface area contributed by atoms with Gasteiger partial charge in [-0.05, 0) is 33.1 Å². The van der Waals surface area contributed by atoms with Crippen LogP contribution in [0.25, 0.3) is 0 Å². The van der Waals surface area contributed by atoms with Crippen molar-refractivity contribution in [3.8, 4) is 0 Å². The lowest BCUT2D eigenvalue weighted by Gasteiger charge is -2.26. The van der Waals surface area contributed by atoms with E-state index in [2.05, 4.69) is 32.4 Å². The zero-order valence-electron chi connectivity index (χ0n) is 16.6. The van der Waals surface area contributed by atoms with Crippen molar-refractivity contribution >= 4 is 47.2 Å². The molecule has 6 nitrogen and oxygen atoms in total. The normalized spacial score (nSPS) is 21.1. The van der Waals surface area contributed by atoms with Gasteiger partial charge >= 0.3 is 0 Å². The largest absolute Gasteiger partial charge is 0.352 e. The minimum absolute atomic E-state index is 0. The van der Waals surface area contributed by atoms with Crippen LogP contribution in [0.3, 0.4) is 0 Å². The molecule has 2 fully saturated rings. The average Bonchev–Trinajstić information content (AvgIpc) is 3.25. The molecule has 2 N–H and O–H groups in total. The summed E-state index contributed by atoms with van der Waals surface area (Å²) >= 11 is 1.72. The van der Waals surface area contributed by atoms with Gasteiger partial charge in [0.25, 0.3) is 0 Å². The topological polar surface area (TPSA) is 69.6 Å². The van der Waals surface area contributed by atoms with Crippen LogP contribution in [-0.2, 0) is 11.3 Å². The number of hydrogen-bond donors (Lipinski definition) is 2. The van der Waals surface area contributed by atoms with E-state index < -0.39 is 0 Å². The molecular formula is C19H32IN5OS. The molecule has 1 atom stereocenters. The summed E-state index contributed by atoms with van der Waals surface area (Å²) in [5, 5.41) is 7.88. The number of halogens is 1. The van der Waals surface area contributed by atoms with Gasteiger partial charge in [0.15, 0.2) is 5.96 Å². The van der Waals surface area contributed by atoms with E-state index in [1.54, 1.807) is 18.4 Å². The molecule has 1 aromatic rings. The zero-order valence-corrected chi connectivity index (χ0v) is 19.7. The van der Waals surface area contributed by atoms with Gasteiger partial charge in [0, 0.05) is 37.0 Å². The van der Waals surface area contributed by atoms with Gasteiger partial charge in [-0.2, -0.15) is 0 Å². The third-order valence-electron chi connectivity index (χ3n) is 5.50. The fourth-order valence-electron chi connectivity index (χ4n) is 3.85. The van der Waals surface area contributed by atoms with Crippen molar-refractivity contribution in [2.24, 2.45) is 10.9 Å². The Balaban J connectivity index is 0.00000261. The second-order valence-corrected chi connectivity index (χ2v) is 8.71. The maximum atomic E-state index is 12.7. The number of rotatable bonds is 4. The molecule has 1 saturated heterocycles.